The smallest absolute Gasteiger partial charge is 0.259 e. The van der Waals surface area contributed by atoms with Crippen LogP contribution in [0.5, 0.6) is 23.0 Å². The molecule has 0 atom stereocenters. The summed E-state index contributed by atoms with van der Waals surface area (Å²) in [7, 11) is 4.51. The molecule has 0 spiro atoms. The third-order valence-corrected chi connectivity index (χ3v) is 4.13. The molecule has 0 saturated heterocycles. The Kier molecular flexibility index (Phi) is 9.15. The number of nitrogens with one attached hydrogen (secondary N) is 2. The van der Waals surface area contributed by atoms with Gasteiger partial charge in [-0.1, -0.05) is 6.92 Å². The summed E-state index contributed by atoms with van der Waals surface area (Å²) in [6, 6.07) is 10.1. The second-order valence-corrected chi connectivity index (χ2v) is 6.27. The number of amides is 2. The summed E-state index contributed by atoms with van der Waals surface area (Å²) in [6.45, 7) is 2.40. The standard InChI is InChI=1S/C22H27N3O6/c1-5-12-31-17-9-6-15(7-10-17)22(27)23-14-19(26)25-24-13-16-8-11-18(28-2)21(30-4)20(16)29-3/h6-11,13H,5,12,14H2,1-4H3,(H,23,27)(H,25,26)/b24-13-. The molecule has 2 amide bonds. The van der Waals surface area contributed by atoms with Crippen LogP contribution in [-0.4, -0.2) is 52.5 Å². The van der Waals surface area contributed by atoms with Crippen molar-refractivity contribution in [1.82, 2.24) is 10.7 Å². The largest absolute Gasteiger partial charge is 0.494 e. The molecule has 0 heterocycles. The zero-order valence-corrected chi connectivity index (χ0v) is 18.1. The number of methoxy groups -OCH3 is 3. The van der Waals surface area contributed by atoms with Crippen molar-refractivity contribution in [2.45, 2.75) is 13.3 Å². The van der Waals surface area contributed by atoms with Gasteiger partial charge < -0.3 is 24.3 Å². The van der Waals surface area contributed by atoms with Gasteiger partial charge >= 0.3 is 0 Å². The first kappa shape index (κ1) is 23.5. The van der Waals surface area contributed by atoms with Crippen molar-refractivity contribution in [2.24, 2.45) is 5.10 Å². The number of carbonyl (C=O) groups is 2. The molecule has 166 valence electrons. The molecular weight excluding hydrogens is 402 g/mol. The molecule has 9 nitrogen and oxygen atoms in total. The molecule has 0 aliphatic heterocycles. The maximum atomic E-state index is 12.2. The third kappa shape index (κ3) is 6.63. The van der Waals surface area contributed by atoms with E-state index in [-0.39, 0.29) is 12.5 Å². The van der Waals surface area contributed by atoms with Crippen LogP contribution in [0.15, 0.2) is 41.5 Å². The molecule has 0 saturated carbocycles. The second-order valence-electron chi connectivity index (χ2n) is 6.27. The lowest BCUT2D eigenvalue weighted by Gasteiger charge is -2.13. The number of hydrogen-bond acceptors (Lipinski definition) is 7. The van der Waals surface area contributed by atoms with Crippen LogP contribution in [0.25, 0.3) is 0 Å². The summed E-state index contributed by atoms with van der Waals surface area (Å²) >= 11 is 0. The highest BCUT2D eigenvalue weighted by molar-refractivity contribution is 5.96. The minimum absolute atomic E-state index is 0.229. The highest BCUT2D eigenvalue weighted by Gasteiger charge is 2.14. The Morgan fingerprint density at radius 2 is 1.68 bits per heavy atom. The molecule has 0 fully saturated rings. The van der Waals surface area contributed by atoms with Gasteiger partial charge in [0.15, 0.2) is 11.5 Å². The Bertz CT molecular complexity index is 912. The SMILES string of the molecule is CCCOc1ccc(C(=O)NCC(=O)N/N=C\c2ccc(OC)c(OC)c2OC)cc1. The van der Waals surface area contributed by atoms with Crippen molar-refractivity contribution in [3.63, 3.8) is 0 Å². The van der Waals surface area contributed by atoms with Gasteiger partial charge in [0, 0.05) is 11.1 Å². The van der Waals surface area contributed by atoms with Gasteiger partial charge in [-0.05, 0) is 42.8 Å². The van der Waals surface area contributed by atoms with Crippen molar-refractivity contribution >= 4 is 18.0 Å². The fourth-order valence-corrected chi connectivity index (χ4v) is 2.62. The minimum atomic E-state index is -0.480. The monoisotopic (exact) mass is 429 g/mol. The first-order valence-corrected chi connectivity index (χ1v) is 9.65. The molecule has 2 aromatic carbocycles. The fourth-order valence-electron chi connectivity index (χ4n) is 2.62. The number of ether oxygens (including phenoxy) is 4. The van der Waals surface area contributed by atoms with E-state index in [0.29, 0.717) is 40.7 Å². The summed E-state index contributed by atoms with van der Waals surface area (Å²) < 4.78 is 21.4. The predicted octanol–water partition coefficient (Wildman–Crippen LogP) is 2.38. The maximum Gasteiger partial charge on any atom is 0.259 e. The van der Waals surface area contributed by atoms with Crippen LogP contribution in [0.1, 0.15) is 29.3 Å². The van der Waals surface area contributed by atoms with Gasteiger partial charge in [0.25, 0.3) is 11.8 Å². The van der Waals surface area contributed by atoms with E-state index in [2.05, 4.69) is 15.8 Å². The highest BCUT2D eigenvalue weighted by Crippen LogP contribution is 2.38. The predicted molar refractivity (Wildman–Crippen MR) is 116 cm³/mol. The van der Waals surface area contributed by atoms with Crippen LogP contribution in [0.3, 0.4) is 0 Å². The molecule has 0 aromatic heterocycles. The molecule has 31 heavy (non-hydrogen) atoms. The van der Waals surface area contributed by atoms with Crippen LogP contribution in [0.4, 0.5) is 0 Å². The maximum absolute atomic E-state index is 12.2. The average Bonchev–Trinajstić information content (AvgIpc) is 2.80. The molecular formula is C22H27N3O6. The molecule has 0 bridgehead atoms. The van der Waals surface area contributed by atoms with E-state index < -0.39 is 5.91 Å². The number of hydrogen-bond donors (Lipinski definition) is 2. The normalized spacial score (nSPS) is 10.5. The molecule has 0 aliphatic rings. The summed E-state index contributed by atoms with van der Waals surface area (Å²) in [5.41, 5.74) is 3.36. The summed E-state index contributed by atoms with van der Waals surface area (Å²) in [6.07, 6.45) is 2.31. The van der Waals surface area contributed by atoms with E-state index in [1.54, 1.807) is 36.4 Å². The van der Waals surface area contributed by atoms with Crippen molar-refractivity contribution in [2.75, 3.05) is 34.5 Å². The van der Waals surface area contributed by atoms with Gasteiger partial charge in [-0.3, -0.25) is 9.59 Å². The van der Waals surface area contributed by atoms with Crippen LogP contribution >= 0.6 is 0 Å². The average molecular weight is 429 g/mol. The lowest BCUT2D eigenvalue weighted by atomic mass is 10.2. The molecule has 2 aromatic rings. The highest BCUT2D eigenvalue weighted by atomic mass is 16.5. The van der Waals surface area contributed by atoms with E-state index in [4.69, 9.17) is 18.9 Å². The summed E-state index contributed by atoms with van der Waals surface area (Å²) in [4.78, 5) is 24.2. The van der Waals surface area contributed by atoms with Gasteiger partial charge in [-0.2, -0.15) is 5.10 Å². The Morgan fingerprint density at radius 1 is 0.968 bits per heavy atom. The van der Waals surface area contributed by atoms with Crippen LogP contribution in [0.2, 0.25) is 0 Å². The molecule has 0 unspecified atom stereocenters. The first-order valence-electron chi connectivity index (χ1n) is 9.65. The Balaban J connectivity index is 1.89. The fraction of sp³-hybridized carbons (Fsp3) is 0.318. The van der Waals surface area contributed by atoms with Gasteiger partial charge in [0.2, 0.25) is 5.75 Å². The number of hydrazone groups is 1. The van der Waals surface area contributed by atoms with Crippen molar-refractivity contribution in [3.8, 4) is 23.0 Å². The molecule has 9 heteroatoms. The van der Waals surface area contributed by atoms with Crippen molar-refractivity contribution in [1.29, 1.82) is 0 Å². The molecule has 2 N–H and O–H groups in total. The van der Waals surface area contributed by atoms with Crippen LogP contribution < -0.4 is 29.7 Å². The molecule has 2 rings (SSSR count). The van der Waals surface area contributed by atoms with Gasteiger partial charge in [-0.25, -0.2) is 5.43 Å². The lowest BCUT2D eigenvalue weighted by molar-refractivity contribution is -0.120. The quantitative estimate of drug-likeness (QED) is 0.420. The lowest BCUT2D eigenvalue weighted by Crippen LogP contribution is -2.34. The van der Waals surface area contributed by atoms with E-state index >= 15 is 0 Å². The third-order valence-electron chi connectivity index (χ3n) is 4.13. The van der Waals surface area contributed by atoms with Gasteiger partial charge in [0.1, 0.15) is 5.75 Å². The van der Waals surface area contributed by atoms with E-state index in [1.165, 1.54) is 27.5 Å². The van der Waals surface area contributed by atoms with Gasteiger partial charge in [0.05, 0.1) is 40.7 Å². The number of benzene rings is 2. The topological polar surface area (TPSA) is 107 Å². The van der Waals surface area contributed by atoms with E-state index in [1.807, 2.05) is 6.92 Å². The van der Waals surface area contributed by atoms with Gasteiger partial charge in [-0.15, -0.1) is 0 Å². The molecule has 0 aliphatic carbocycles. The summed E-state index contributed by atoms with van der Waals surface area (Å²) in [5, 5.41) is 6.44. The first-order chi connectivity index (χ1) is 15.0. The van der Waals surface area contributed by atoms with E-state index in [0.717, 1.165) is 6.42 Å². The molecule has 0 radical (unpaired) electrons. The van der Waals surface area contributed by atoms with Crippen molar-refractivity contribution < 1.29 is 28.5 Å². The Labute approximate surface area is 181 Å². The second kappa shape index (κ2) is 12.1. The zero-order valence-electron chi connectivity index (χ0n) is 18.1. The van der Waals surface area contributed by atoms with E-state index in [9.17, 15) is 9.59 Å². The number of carbonyl (C=O) groups excluding carboxylic acids is 2. The van der Waals surface area contributed by atoms with Crippen LogP contribution in [0, 0.1) is 0 Å². The Morgan fingerprint density at radius 3 is 2.29 bits per heavy atom. The Hall–Kier alpha value is -3.75. The summed E-state index contributed by atoms with van der Waals surface area (Å²) in [5.74, 6) is 1.18. The van der Waals surface area contributed by atoms with Crippen molar-refractivity contribution in [3.05, 3.63) is 47.5 Å². The van der Waals surface area contributed by atoms with Crippen LogP contribution in [-0.2, 0) is 4.79 Å². The zero-order chi connectivity index (χ0) is 22.6. The number of rotatable bonds is 11. The number of nitrogens with zero attached hydrogens (tertiary/aromatic N) is 1. The minimum Gasteiger partial charge on any atom is -0.494 e.